The van der Waals surface area contributed by atoms with Gasteiger partial charge in [0, 0.05) is 13.0 Å². The van der Waals surface area contributed by atoms with Crippen molar-refractivity contribution in [2.24, 2.45) is 17.3 Å². The van der Waals surface area contributed by atoms with Gasteiger partial charge in [-0.1, -0.05) is 6.92 Å². The summed E-state index contributed by atoms with van der Waals surface area (Å²) in [4.78, 5) is 23.5. The molecule has 1 heterocycles. The van der Waals surface area contributed by atoms with E-state index in [0.29, 0.717) is 24.8 Å². The lowest BCUT2D eigenvalue weighted by Gasteiger charge is -2.28. The van der Waals surface area contributed by atoms with Gasteiger partial charge in [-0.2, -0.15) is 0 Å². The van der Waals surface area contributed by atoms with E-state index in [-0.39, 0.29) is 24.3 Å². The van der Waals surface area contributed by atoms with E-state index in [1.165, 1.54) is 20.0 Å². The maximum atomic E-state index is 12.0. The number of ether oxygens (including phenoxy) is 1. The highest BCUT2D eigenvalue weighted by atomic mass is 35.5. The van der Waals surface area contributed by atoms with Crippen molar-refractivity contribution in [3.8, 4) is 0 Å². The minimum atomic E-state index is -0.681. The van der Waals surface area contributed by atoms with Gasteiger partial charge in [-0.3, -0.25) is 9.59 Å². The molecular weight excluding hydrogens is 292 g/mol. The Balaban J connectivity index is 0.00000400. The minimum Gasteiger partial charge on any atom is -0.469 e. The Hall–Kier alpha value is -0.810. The van der Waals surface area contributed by atoms with Crippen LogP contribution in [0.25, 0.3) is 0 Å². The third-order valence-electron chi connectivity index (χ3n) is 4.11. The number of hydrogen-bond donors (Lipinski definition) is 2. The van der Waals surface area contributed by atoms with Gasteiger partial charge in [-0.15, -0.1) is 12.4 Å². The lowest BCUT2D eigenvalue weighted by atomic mass is 9.85. The maximum Gasteiger partial charge on any atom is 0.313 e. The van der Waals surface area contributed by atoms with Gasteiger partial charge in [0.25, 0.3) is 0 Å². The van der Waals surface area contributed by atoms with Gasteiger partial charge in [-0.25, -0.2) is 0 Å². The van der Waals surface area contributed by atoms with Crippen molar-refractivity contribution in [3.05, 3.63) is 0 Å². The molecule has 1 aliphatic heterocycles. The Morgan fingerprint density at radius 3 is 2.62 bits per heavy atom. The van der Waals surface area contributed by atoms with Crippen LogP contribution in [0, 0.1) is 17.3 Å². The molecule has 1 rings (SSSR count). The van der Waals surface area contributed by atoms with Crippen molar-refractivity contribution in [3.63, 3.8) is 0 Å². The first-order valence-electron chi connectivity index (χ1n) is 7.42. The van der Waals surface area contributed by atoms with Gasteiger partial charge in [0.15, 0.2) is 0 Å². The molecule has 0 aliphatic carbocycles. The van der Waals surface area contributed by atoms with Crippen LogP contribution >= 0.6 is 12.4 Å². The Bertz CT molecular complexity index is 342. The topological polar surface area (TPSA) is 67.4 Å². The van der Waals surface area contributed by atoms with E-state index in [9.17, 15) is 9.59 Å². The molecule has 0 bridgehead atoms. The normalized spacial score (nSPS) is 20.1. The lowest BCUT2D eigenvalue weighted by Crippen LogP contribution is -2.41. The third kappa shape index (κ3) is 6.66. The summed E-state index contributed by atoms with van der Waals surface area (Å²) >= 11 is 0. The van der Waals surface area contributed by atoms with Gasteiger partial charge >= 0.3 is 5.97 Å². The maximum absolute atomic E-state index is 12.0. The monoisotopic (exact) mass is 320 g/mol. The Labute approximate surface area is 134 Å². The predicted octanol–water partition coefficient (Wildman–Crippen LogP) is 1.75. The van der Waals surface area contributed by atoms with E-state index in [2.05, 4.69) is 17.6 Å². The van der Waals surface area contributed by atoms with E-state index in [4.69, 9.17) is 4.74 Å². The average molecular weight is 321 g/mol. The van der Waals surface area contributed by atoms with Crippen LogP contribution in [0.2, 0.25) is 0 Å². The quantitative estimate of drug-likeness (QED) is 0.732. The molecule has 6 heteroatoms. The molecule has 0 aromatic heterocycles. The van der Waals surface area contributed by atoms with E-state index in [1.54, 1.807) is 13.8 Å². The first-order valence-corrected chi connectivity index (χ1v) is 7.42. The van der Waals surface area contributed by atoms with Crippen LogP contribution in [0.4, 0.5) is 0 Å². The SMILES string of the molecule is COC(=O)C(C)(C)CNC(=O)CC(C)C1CCCNC1.Cl. The Kier molecular flexibility index (Phi) is 8.90. The van der Waals surface area contributed by atoms with Crippen LogP contribution in [0.5, 0.6) is 0 Å². The molecule has 2 N–H and O–H groups in total. The summed E-state index contributed by atoms with van der Waals surface area (Å²) in [6, 6.07) is 0. The molecule has 0 aromatic rings. The Morgan fingerprint density at radius 2 is 2.10 bits per heavy atom. The zero-order valence-electron chi connectivity index (χ0n) is 13.5. The van der Waals surface area contributed by atoms with Gasteiger partial charge in [-0.05, 0) is 51.6 Å². The first kappa shape index (κ1) is 20.2. The fraction of sp³-hybridized carbons (Fsp3) is 0.867. The molecule has 1 saturated heterocycles. The second-order valence-electron chi connectivity index (χ2n) is 6.44. The smallest absolute Gasteiger partial charge is 0.313 e. The third-order valence-corrected chi connectivity index (χ3v) is 4.11. The minimum absolute atomic E-state index is 0. The second kappa shape index (κ2) is 9.26. The van der Waals surface area contributed by atoms with Gasteiger partial charge in [0.2, 0.25) is 5.91 Å². The highest BCUT2D eigenvalue weighted by Crippen LogP contribution is 2.22. The van der Waals surface area contributed by atoms with Crippen molar-refractivity contribution in [2.75, 3.05) is 26.7 Å². The molecular formula is C15H29ClN2O3. The number of piperidine rings is 1. The molecule has 1 fully saturated rings. The van der Waals surface area contributed by atoms with Gasteiger partial charge in [0.1, 0.15) is 0 Å². The molecule has 2 atom stereocenters. The highest BCUT2D eigenvalue weighted by molar-refractivity contribution is 5.85. The molecule has 21 heavy (non-hydrogen) atoms. The fourth-order valence-corrected chi connectivity index (χ4v) is 2.56. The number of esters is 1. The predicted molar refractivity (Wildman–Crippen MR) is 85.4 cm³/mol. The summed E-state index contributed by atoms with van der Waals surface area (Å²) in [6.45, 7) is 8.07. The molecule has 0 radical (unpaired) electrons. The lowest BCUT2D eigenvalue weighted by molar-refractivity contribution is -0.150. The summed E-state index contributed by atoms with van der Waals surface area (Å²) in [5, 5.41) is 6.22. The molecule has 1 aliphatic rings. The summed E-state index contributed by atoms with van der Waals surface area (Å²) in [6.07, 6.45) is 2.89. The number of methoxy groups -OCH3 is 1. The highest BCUT2D eigenvalue weighted by Gasteiger charge is 2.29. The van der Waals surface area contributed by atoms with Gasteiger partial charge in [0.05, 0.1) is 12.5 Å². The van der Waals surface area contributed by atoms with Crippen LogP contribution in [-0.4, -0.2) is 38.6 Å². The largest absolute Gasteiger partial charge is 0.469 e. The Morgan fingerprint density at radius 1 is 1.43 bits per heavy atom. The molecule has 2 unspecified atom stereocenters. The molecule has 0 spiro atoms. The fourth-order valence-electron chi connectivity index (χ4n) is 2.56. The summed E-state index contributed by atoms with van der Waals surface area (Å²) in [7, 11) is 1.37. The number of carbonyl (C=O) groups excluding carboxylic acids is 2. The molecule has 5 nitrogen and oxygen atoms in total. The van der Waals surface area contributed by atoms with Crippen LogP contribution in [-0.2, 0) is 14.3 Å². The van der Waals surface area contributed by atoms with Crippen LogP contribution in [0.15, 0.2) is 0 Å². The molecule has 1 amide bonds. The molecule has 0 aromatic carbocycles. The van der Waals surface area contributed by atoms with Crippen LogP contribution < -0.4 is 10.6 Å². The standard InChI is InChI=1S/C15H28N2O3.ClH/c1-11(12-6-5-7-16-9-12)8-13(18)17-10-15(2,3)14(19)20-4;/h11-12,16H,5-10H2,1-4H3,(H,17,18);1H. The van der Waals surface area contributed by atoms with Crippen molar-refractivity contribution in [1.29, 1.82) is 0 Å². The van der Waals surface area contributed by atoms with Crippen LogP contribution in [0.3, 0.4) is 0 Å². The summed E-state index contributed by atoms with van der Waals surface area (Å²) in [5.74, 6) is 0.648. The van der Waals surface area contributed by atoms with E-state index < -0.39 is 5.41 Å². The molecule has 0 saturated carbocycles. The van der Waals surface area contributed by atoms with Crippen molar-refractivity contribution in [1.82, 2.24) is 10.6 Å². The number of hydrogen-bond acceptors (Lipinski definition) is 4. The van der Waals surface area contributed by atoms with Crippen molar-refractivity contribution >= 4 is 24.3 Å². The number of carbonyl (C=O) groups is 2. The number of nitrogens with one attached hydrogen (secondary N) is 2. The van der Waals surface area contributed by atoms with E-state index in [1.807, 2.05) is 0 Å². The molecule has 124 valence electrons. The van der Waals surface area contributed by atoms with Crippen molar-refractivity contribution < 1.29 is 14.3 Å². The van der Waals surface area contributed by atoms with Gasteiger partial charge < -0.3 is 15.4 Å². The zero-order valence-corrected chi connectivity index (χ0v) is 14.3. The van der Waals surface area contributed by atoms with Crippen LogP contribution in [0.1, 0.15) is 40.0 Å². The summed E-state index contributed by atoms with van der Waals surface area (Å²) < 4.78 is 4.73. The number of rotatable bonds is 6. The van der Waals surface area contributed by atoms with Crippen molar-refractivity contribution in [2.45, 2.75) is 40.0 Å². The first-order chi connectivity index (χ1) is 9.36. The zero-order chi connectivity index (χ0) is 15.2. The average Bonchev–Trinajstić information content (AvgIpc) is 2.45. The van der Waals surface area contributed by atoms with E-state index in [0.717, 1.165) is 13.1 Å². The number of halogens is 1. The van der Waals surface area contributed by atoms with E-state index >= 15 is 0 Å². The summed E-state index contributed by atoms with van der Waals surface area (Å²) in [5.41, 5.74) is -0.681. The number of amides is 1. The second-order valence-corrected chi connectivity index (χ2v) is 6.44.